The maximum absolute atomic E-state index is 11.9. The van der Waals surface area contributed by atoms with Crippen LogP contribution in [0.15, 0.2) is 18.3 Å². The molecule has 5 nitrogen and oxygen atoms in total. The largest absolute Gasteiger partial charge is 0.355 e. The van der Waals surface area contributed by atoms with Crippen molar-refractivity contribution in [2.45, 2.75) is 13.3 Å². The fourth-order valence-electron chi connectivity index (χ4n) is 1.32. The van der Waals surface area contributed by atoms with Crippen LogP contribution in [0.2, 0.25) is 5.02 Å². The van der Waals surface area contributed by atoms with Crippen LogP contribution in [0, 0.1) is 0 Å². The number of carbonyl (C=O) groups is 2. The molecule has 0 saturated carbocycles. The molecule has 18 heavy (non-hydrogen) atoms. The molecule has 0 radical (unpaired) electrons. The maximum atomic E-state index is 11.9. The van der Waals surface area contributed by atoms with Crippen molar-refractivity contribution < 1.29 is 9.59 Å². The number of pyridine rings is 1. The van der Waals surface area contributed by atoms with Crippen molar-refractivity contribution in [3.05, 3.63) is 29.0 Å². The van der Waals surface area contributed by atoms with Gasteiger partial charge in [0.25, 0.3) is 5.91 Å². The lowest BCUT2D eigenvalue weighted by Gasteiger charge is -2.16. The molecule has 0 spiro atoms. The highest BCUT2D eigenvalue weighted by atomic mass is 35.5. The van der Waals surface area contributed by atoms with Gasteiger partial charge in [-0.1, -0.05) is 18.5 Å². The van der Waals surface area contributed by atoms with Crippen LogP contribution in [0.5, 0.6) is 0 Å². The van der Waals surface area contributed by atoms with Gasteiger partial charge in [0.1, 0.15) is 5.69 Å². The fourth-order valence-corrected chi connectivity index (χ4v) is 1.48. The first-order chi connectivity index (χ1) is 8.54. The molecule has 0 aromatic carbocycles. The molecule has 1 heterocycles. The molecule has 0 saturated heterocycles. The molecule has 0 aliphatic heterocycles. The summed E-state index contributed by atoms with van der Waals surface area (Å²) >= 11 is 5.78. The van der Waals surface area contributed by atoms with E-state index in [0.29, 0.717) is 11.6 Å². The van der Waals surface area contributed by atoms with E-state index in [1.165, 1.54) is 17.2 Å². The van der Waals surface area contributed by atoms with Crippen LogP contribution in [-0.4, -0.2) is 41.8 Å². The lowest BCUT2D eigenvalue weighted by atomic mass is 10.3. The third-order valence-electron chi connectivity index (χ3n) is 2.24. The standard InChI is InChI=1S/C12H16ClN3O2/c1-3-5-15-11(17)8-16(2)12(18)10-7-9(13)4-6-14-10/h4,6-7H,3,5,8H2,1-2H3,(H,15,17). The maximum Gasteiger partial charge on any atom is 0.272 e. The quantitative estimate of drug-likeness (QED) is 0.877. The van der Waals surface area contributed by atoms with E-state index in [2.05, 4.69) is 10.3 Å². The second-order valence-electron chi connectivity index (χ2n) is 3.87. The monoisotopic (exact) mass is 269 g/mol. The van der Waals surface area contributed by atoms with Gasteiger partial charge in [0.2, 0.25) is 5.91 Å². The predicted molar refractivity (Wildman–Crippen MR) is 69.5 cm³/mol. The second-order valence-corrected chi connectivity index (χ2v) is 4.31. The highest BCUT2D eigenvalue weighted by Crippen LogP contribution is 2.09. The Hall–Kier alpha value is -1.62. The topological polar surface area (TPSA) is 62.3 Å². The van der Waals surface area contributed by atoms with Crippen molar-refractivity contribution >= 4 is 23.4 Å². The Labute approximate surface area is 111 Å². The van der Waals surface area contributed by atoms with Crippen LogP contribution in [0.4, 0.5) is 0 Å². The number of nitrogens with zero attached hydrogens (tertiary/aromatic N) is 2. The summed E-state index contributed by atoms with van der Waals surface area (Å²) in [6, 6.07) is 3.07. The highest BCUT2D eigenvalue weighted by molar-refractivity contribution is 6.30. The summed E-state index contributed by atoms with van der Waals surface area (Å²) in [5, 5.41) is 3.14. The first kappa shape index (κ1) is 14.4. The number of amides is 2. The Kier molecular flexibility index (Phi) is 5.58. The lowest BCUT2D eigenvalue weighted by Crippen LogP contribution is -2.38. The second kappa shape index (κ2) is 6.96. The summed E-state index contributed by atoms with van der Waals surface area (Å²) in [4.78, 5) is 28.6. The fraction of sp³-hybridized carbons (Fsp3) is 0.417. The minimum Gasteiger partial charge on any atom is -0.355 e. The number of aromatic nitrogens is 1. The van der Waals surface area contributed by atoms with E-state index in [4.69, 9.17) is 11.6 Å². The average Bonchev–Trinajstić information content (AvgIpc) is 2.35. The van der Waals surface area contributed by atoms with E-state index < -0.39 is 0 Å². The average molecular weight is 270 g/mol. The van der Waals surface area contributed by atoms with Crippen molar-refractivity contribution in [2.24, 2.45) is 0 Å². The third kappa shape index (κ3) is 4.33. The molecule has 1 N–H and O–H groups in total. The Morgan fingerprint density at radius 3 is 2.83 bits per heavy atom. The normalized spacial score (nSPS) is 9.94. The van der Waals surface area contributed by atoms with Gasteiger partial charge in [-0.2, -0.15) is 0 Å². The number of nitrogens with one attached hydrogen (secondary N) is 1. The van der Waals surface area contributed by atoms with Gasteiger partial charge >= 0.3 is 0 Å². The molecule has 98 valence electrons. The van der Waals surface area contributed by atoms with Crippen LogP contribution in [0.25, 0.3) is 0 Å². The molecular weight excluding hydrogens is 254 g/mol. The number of likely N-dealkylation sites (N-methyl/N-ethyl adjacent to an activating group) is 1. The number of hydrogen-bond donors (Lipinski definition) is 1. The van der Waals surface area contributed by atoms with Crippen LogP contribution in [0.1, 0.15) is 23.8 Å². The number of rotatable bonds is 5. The summed E-state index contributed by atoms with van der Waals surface area (Å²) in [7, 11) is 1.55. The van der Waals surface area contributed by atoms with Gasteiger partial charge in [-0.3, -0.25) is 14.6 Å². The van der Waals surface area contributed by atoms with E-state index in [1.807, 2.05) is 6.92 Å². The Bertz CT molecular complexity index is 437. The molecule has 0 bridgehead atoms. The summed E-state index contributed by atoms with van der Waals surface area (Å²) < 4.78 is 0. The lowest BCUT2D eigenvalue weighted by molar-refractivity contribution is -0.121. The molecule has 0 aliphatic rings. The van der Waals surface area contributed by atoms with E-state index in [-0.39, 0.29) is 24.1 Å². The zero-order valence-corrected chi connectivity index (χ0v) is 11.2. The molecule has 2 amide bonds. The van der Waals surface area contributed by atoms with Gasteiger partial charge in [0, 0.05) is 24.8 Å². The summed E-state index contributed by atoms with van der Waals surface area (Å²) in [6.45, 7) is 2.58. The first-order valence-electron chi connectivity index (χ1n) is 5.68. The summed E-state index contributed by atoms with van der Waals surface area (Å²) in [6.07, 6.45) is 2.32. The molecule has 0 fully saturated rings. The van der Waals surface area contributed by atoms with Crippen LogP contribution < -0.4 is 5.32 Å². The zero-order chi connectivity index (χ0) is 13.5. The van der Waals surface area contributed by atoms with Crippen molar-refractivity contribution in [2.75, 3.05) is 20.1 Å². The Balaban J connectivity index is 2.59. The SMILES string of the molecule is CCCNC(=O)CN(C)C(=O)c1cc(Cl)ccn1. The molecular formula is C12H16ClN3O2. The Morgan fingerprint density at radius 2 is 2.22 bits per heavy atom. The molecule has 1 aromatic heterocycles. The molecule has 0 unspecified atom stereocenters. The van der Waals surface area contributed by atoms with Crippen molar-refractivity contribution in [1.29, 1.82) is 0 Å². The predicted octanol–water partition coefficient (Wildman–Crippen LogP) is 1.33. The first-order valence-corrected chi connectivity index (χ1v) is 6.06. The molecule has 0 aliphatic carbocycles. The van der Waals surface area contributed by atoms with Gasteiger partial charge in [0.05, 0.1) is 6.54 Å². The Morgan fingerprint density at radius 1 is 1.50 bits per heavy atom. The smallest absolute Gasteiger partial charge is 0.272 e. The minimum absolute atomic E-state index is 0.00697. The van der Waals surface area contributed by atoms with E-state index in [0.717, 1.165) is 6.42 Å². The van der Waals surface area contributed by atoms with E-state index in [1.54, 1.807) is 13.1 Å². The van der Waals surface area contributed by atoms with Crippen molar-refractivity contribution in [3.63, 3.8) is 0 Å². The zero-order valence-electron chi connectivity index (χ0n) is 10.4. The van der Waals surface area contributed by atoms with Crippen LogP contribution in [-0.2, 0) is 4.79 Å². The van der Waals surface area contributed by atoms with Gasteiger partial charge < -0.3 is 10.2 Å². The molecule has 1 rings (SSSR count). The summed E-state index contributed by atoms with van der Waals surface area (Å²) in [5.41, 5.74) is 0.230. The van der Waals surface area contributed by atoms with E-state index >= 15 is 0 Å². The van der Waals surface area contributed by atoms with Crippen molar-refractivity contribution in [1.82, 2.24) is 15.2 Å². The van der Waals surface area contributed by atoms with Gasteiger partial charge in [-0.15, -0.1) is 0 Å². The van der Waals surface area contributed by atoms with Gasteiger partial charge in [-0.05, 0) is 18.6 Å². The molecule has 6 heteroatoms. The third-order valence-corrected chi connectivity index (χ3v) is 2.48. The minimum atomic E-state index is -0.329. The number of hydrogen-bond acceptors (Lipinski definition) is 3. The van der Waals surface area contributed by atoms with Crippen LogP contribution >= 0.6 is 11.6 Å². The van der Waals surface area contributed by atoms with Crippen molar-refractivity contribution in [3.8, 4) is 0 Å². The molecule has 1 aromatic rings. The molecule has 0 atom stereocenters. The highest BCUT2D eigenvalue weighted by Gasteiger charge is 2.15. The van der Waals surface area contributed by atoms with E-state index in [9.17, 15) is 9.59 Å². The van der Waals surface area contributed by atoms with Gasteiger partial charge in [-0.25, -0.2) is 0 Å². The number of carbonyl (C=O) groups excluding carboxylic acids is 2. The van der Waals surface area contributed by atoms with Crippen LogP contribution in [0.3, 0.4) is 0 Å². The van der Waals surface area contributed by atoms with Gasteiger partial charge in [0.15, 0.2) is 0 Å². The number of halogens is 1. The summed E-state index contributed by atoms with van der Waals surface area (Å²) in [5.74, 6) is -0.515.